The molecule has 2 aromatic rings. The summed E-state index contributed by atoms with van der Waals surface area (Å²) in [5.74, 6) is 0.787. The first-order chi connectivity index (χ1) is 16.6. The van der Waals surface area contributed by atoms with Gasteiger partial charge in [-0.15, -0.1) is 0 Å². The van der Waals surface area contributed by atoms with Crippen molar-refractivity contribution in [3.8, 4) is 11.1 Å². The fourth-order valence-electron chi connectivity index (χ4n) is 6.02. The fraction of sp³-hybridized carbons (Fsp3) is 0.600. The van der Waals surface area contributed by atoms with E-state index in [1.807, 2.05) is 0 Å². The van der Waals surface area contributed by atoms with Gasteiger partial charge in [0.2, 0.25) is 0 Å². The summed E-state index contributed by atoms with van der Waals surface area (Å²) >= 11 is 0. The molecule has 2 aliphatic carbocycles. The van der Waals surface area contributed by atoms with Crippen LogP contribution in [0.1, 0.15) is 92.7 Å². The molecule has 0 radical (unpaired) electrons. The molecule has 3 fully saturated rings. The van der Waals surface area contributed by atoms with E-state index in [2.05, 4.69) is 98.7 Å². The lowest BCUT2D eigenvalue weighted by Crippen LogP contribution is -2.41. The zero-order valence-electron chi connectivity index (χ0n) is 23.5. The zero-order valence-corrected chi connectivity index (χ0v) is 23.5. The van der Waals surface area contributed by atoms with Crippen LogP contribution in [0.4, 0.5) is 0 Å². The molecule has 0 unspecified atom stereocenters. The van der Waals surface area contributed by atoms with Gasteiger partial charge in [0.05, 0.1) is 22.4 Å². The van der Waals surface area contributed by atoms with Gasteiger partial charge in [0.15, 0.2) is 0 Å². The minimum atomic E-state index is -0.352. The van der Waals surface area contributed by atoms with Crippen LogP contribution in [-0.4, -0.2) is 36.6 Å². The van der Waals surface area contributed by atoms with E-state index in [9.17, 15) is 0 Å². The third kappa shape index (κ3) is 3.59. The maximum atomic E-state index is 6.42. The standard InChI is InChI=1S/C30H40B2O4/c1-26(2)27(3,4)34-31(33-26)20-12-14-22-23-15-13-21(32-35-28(5,6)29(7,8)36-32)17-25(23)30(9,24(22)16-20)18-19-10-11-19/h12-17,19H,10-11,18H2,1-9H3. The third-order valence-electron chi connectivity index (χ3n) is 10.0. The molecule has 0 bridgehead atoms. The molecule has 0 aromatic heterocycles. The highest BCUT2D eigenvalue weighted by molar-refractivity contribution is 6.62. The van der Waals surface area contributed by atoms with Gasteiger partial charge in [-0.05, 0) is 101 Å². The van der Waals surface area contributed by atoms with Gasteiger partial charge in [0.1, 0.15) is 0 Å². The average molecular weight is 486 g/mol. The second-order valence-electron chi connectivity index (χ2n) is 13.8. The summed E-state index contributed by atoms with van der Waals surface area (Å²) in [7, 11) is -0.705. The molecular weight excluding hydrogens is 446 g/mol. The quantitative estimate of drug-likeness (QED) is 0.545. The summed E-state index contributed by atoms with van der Waals surface area (Å²) in [5, 5.41) is 0. The van der Waals surface area contributed by atoms with Crippen molar-refractivity contribution < 1.29 is 18.6 Å². The Hall–Kier alpha value is -1.59. The SMILES string of the molecule is CC1(CC2CC2)c2cc(B3OC(C)(C)C(C)(C)O3)ccc2-c2ccc(B3OC(C)(C)C(C)(C)O3)cc21. The number of rotatable bonds is 4. The monoisotopic (exact) mass is 486 g/mol. The number of hydrogen-bond donors (Lipinski definition) is 0. The Morgan fingerprint density at radius 3 is 1.31 bits per heavy atom. The summed E-state index contributed by atoms with van der Waals surface area (Å²) < 4.78 is 25.7. The van der Waals surface area contributed by atoms with Gasteiger partial charge in [-0.1, -0.05) is 56.2 Å². The summed E-state index contributed by atoms with van der Waals surface area (Å²) in [4.78, 5) is 0. The van der Waals surface area contributed by atoms with Gasteiger partial charge in [-0.2, -0.15) is 0 Å². The largest absolute Gasteiger partial charge is 0.494 e. The molecule has 2 aliphatic heterocycles. The Labute approximate surface area is 217 Å². The first-order valence-corrected chi connectivity index (χ1v) is 13.6. The van der Waals surface area contributed by atoms with E-state index in [1.54, 1.807) is 0 Å². The van der Waals surface area contributed by atoms with Crippen LogP contribution in [0.25, 0.3) is 11.1 Å². The Morgan fingerprint density at radius 1 is 0.611 bits per heavy atom. The van der Waals surface area contributed by atoms with Gasteiger partial charge >= 0.3 is 14.2 Å². The molecule has 2 saturated heterocycles. The van der Waals surface area contributed by atoms with Crippen LogP contribution in [0.2, 0.25) is 0 Å². The van der Waals surface area contributed by atoms with Crippen LogP contribution in [0, 0.1) is 5.92 Å². The van der Waals surface area contributed by atoms with E-state index in [0.717, 1.165) is 23.3 Å². The van der Waals surface area contributed by atoms with Gasteiger partial charge in [-0.25, -0.2) is 0 Å². The normalized spacial score (nSPS) is 26.2. The third-order valence-corrected chi connectivity index (χ3v) is 10.0. The minimum Gasteiger partial charge on any atom is -0.399 e. The van der Waals surface area contributed by atoms with Crippen LogP contribution in [0.15, 0.2) is 36.4 Å². The predicted molar refractivity (Wildman–Crippen MR) is 147 cm³/mol. The highest BCUT2D eigenvalue weighted by Gasteiger charge is 2.54. The molecule has 4 aliphatic rings. The molecule has 0 atom stereocenters. The highest BCUT2D eigenvalue weighted by atomic mass is 16.7. The molecule has 190 valence electrons. The molecule has 36 heavy (non-hydrogen) atoms. The summed E-state index contributed by atoms with van der Waals surface area (Å²) in [6.07, 6.45) is 3.81. The number of benzene rings is 2. The average Bonchev–Trinajstić information content (AvgIpc) is 3.46. The first-order valence-electron chi connectivity index (χ1n) is 13.6. The number of fused-ring (bicyclic) bond motifs is 3. The Kier molecular flexibility index (Phi) is 5.15. The van der Waals surface area contributed by atoms with Crippen LogP contribution < -0.4 is 10.9 Å². The zero-order chi connectivity index (χ0) is 25.9. The highest BCUT2D eigenvalue weighted by Crippen LogP contribution is 2.54. The lowest BCUT2D eigenvalue weighted by atomic mass is 9.70. The van der Waals surface area contributed by atoms with Gasteiger partial charge < -0.3 is 18.6 Å². The molecular formula is C30H40B2O4. The summed E-state index contributed by atoms with van der Waals surface area (Å²) in [5.41, 5.74) is 6.17. The maximum Gasteiger partial charge on any atom is 0.494 e. The van der Waals surface area contributed by atoms with E-state index in [-0.39, 0.29) is 42.1 Å². The van der Waals surface area contributed by atoms with Crippen molar-refractivity contribution in [3.05, 3.63) is 47.5 Å². The van der Waals surface area contributed by atoms with Crippen molar-refractivity contribution >= 4 is 25.2 Å². The molecule has 6 heteroatoms. The van der Waals surface area contributed by atoms with Crippen molar-refractivity contribution in [1.82, 2.24) is 0 Å². The van der Waals surface area contributed by atoms with Gasteiger partial charge in [0.25, 0.3) is 0 Å². The van der Waals surface area contributed by atoms with E-state index in [0.29, 0.717) is 0 Å². The Balaban J connectivity index is 1.40. The molecule has 2 heterocycles. The van der Waals surface area contributed by atoms with E-state index >= 15 is 0 Å². The van der Waals surface area contributed by atoms with Crippen LogP contribution in [-0.2, 0) is 24.0 Å². The summed E-state index contributed by atoms with van der Waals surface area (Å²) in [6, 6.07) is 13.6. The predicted octanol–water partition coefficient (Wildman–Crippen LogP) is 5.37. The Morgan fingerprint density at radius 2 is 0.972 bits per heavy atom. The maximum absolute atomic E-state index is 6.42. The molecule has 4 nitrogen and oxygen atoms in total. The second kappa shape index (κ2) is 7.50. The minimum absolute atomic E-state index is 0.0644. The van der Waals surface area contributed by atoms with Crippen molar-refractivity contribution in [2.45, 2.75) is 109 Å². The van der Waals surface area contributed by atoms with Crippen molar-refractivity contribution in [3.63, 3.8) is 0 Å². The molecule has 0 amide bonds. The topological polar surface area (TPSA) is 36.9 Å². The van der Waals surface area contributed by atoms with E-state index in [1.165, 1.54) is 35.1 Å². The number of hydrogen-bond acceptors (Lipinski definition) is 4. The van der Waals surface area contributed by atoms with Crippen molar-refractivity contribution in [1.29, 1.82) is 0 Å². The first kappa shape index (κ1) is 24.7. The van der Waals surface area contributed by atoms with Gasteiger partial charge in [0, 0.05) is 5.41 Å². The van der Waals surface area contributed by atoms with Gasteiger partial charge in [-0.3, -0.25) is 0 Å². The molecule has 0 spiro atoms. The molecule has 1 saturated carbocycles. The Bertz CT molecular complexity index is 1110. The summed E-state index contributed by atoms with van der Waals surface area (Å²) in [6.45, 7) is 19.4. The second-order valence-corrected chi connectivity index (χ2v) is 13.8. The van der Waals surface area contributed by atoms with Crippen LogP contribution in [0.3, 0.4) is 0 Å². The fourth-order valence-corrected chi connectivity index (χ4v) is 6.02. The molecule has 2 aromatic carbocycles. The smallest absolute Gasteiger partial charge is 0.399 e. The molecule has 6 rings (SSSR count). The van der Waals surface area contributed by atoms with E-state index in [4.69, 9.17) is 18.6 Å². The van der Waals surface area contributed by atoms with Crippen LogP contribution in [0.5, 0.6) is 0 Å². The van der Waals surface area contributed by atoms with Crippen molar-refractivity contribution in [2.75, 3.05) is 0 Å². The van der Waals surface area contributed by atoms with Crippen molar-refractivity contribution in [2.24, 2.45) is 5.92 Å². The lowest BCUT2D eigenvalue weighted by molar-refractivity contribution is 0.00578. The van der Waals surface area contributed by atoms with Crippen LogP contribution >= 0.6 is 0 Å². The lowest BCUT2D eigenvalue weighted by Gasteiger charge is -2.32. The van der Waals surface area contributed by atoms with E-state index < -0.39 is 0 Å². The molecule has 0 N–H and O–H groups in total.